The molecule has 8 N–H and O–H groups in total. The van der Waals surface area contributed by atoms with Crippen molar-refractivity contribution >= 4 is 23.3 Å². The average molecular weight is 451 g/mol. The highest BCUT2D eigenvalue weighted by molar-refractivity contribution is 5.91. The number of guanidine groups is 2. The Morgan fingerprint density at radius 3 is 1.45 bits per heavy atom. The van der Waals surface area contributed by atoms with Gasteiger partial charge in [-0.1, -0.05) is 0 Å². The van der Waals surface area contributed by atoms with Gasteiger partial charge in [0.25, 0.3) is 0 Å². The number of anilines is 2. The van der Waals surface area contributed by atoms with E-state index in [1.807, 2.05) is 64.1 Å². The first kappa shape index (κ1) is 23.5. The van der Waals surface area contributed by atoms with Crippen LogP contribution in [0.1, 0.15) is 27.7 Å². The lowest BCUT2D eigenvalue weighted by atomic mass is 10.1. The largest absolute Gasteiger partial charge is 0.490 e. The van der Waals surface area contributed by atoms with Crippen molar-refractivity contribution in [1.82, 2.24) is 0 Å². The molecule has 0 saturated carbocycles. The van der Waals surface area contributed by atoms with Crippen molar-refractivity contribution in [2.75, 3.05) is 10.6 Å². The standard InChI is InChI=1S/C24H30N6O3/c1-13(2)31-21-11-15(29-23(25)26)5-7-17(21)19-9-10-20(33-19)18-8-6-16(30-24(27)28)12-22(18)32-14(3)4/h5-14H,1-4H3,(H4,25,26,29)(H4,27,28,30). The SMILES string of the molecule is CC(C)Oc1cc(NC(=N)N)ccc1-c1ccc(-c2ccc(NC(=N)N)cc2OC(C)C)o1. The summed E-state index contributed by atoms with van der Waals surface area (Å²) in [6.45, 7) is 7.76. The van der Waals surface area contributed by atoms with E-state index in [0.717, 1.165) is 11.1 Å². The number of rotatable bonds is 8. The molecule has 0 fully saturated rings. The second kappa shape index (κ2) is 9.99. The molecule has 1 aromatic heterocycles. The molecule has 0 aliphatic rings. The van der Waals surface area contributed by atoms with Crippen molar-refractivity contribution in [2.45, 2.75) is 39.9 Å². The maximum Gasteiger partial charge on any atom is 0.190 e. The van der Waals surface area contributed by atoms with Gasteiger partial charge in [-0.3, -0.25) is 10.8 Å². The molecule has 9 heteroatoms. The molecule has 0 bridgehead atoms. The van der Waals surface area contributed by atoms with Crippen molar-refractivity contribution in [3.05, 3.63) is 48.5 Å². The molecule has 33 heavy (non-hydrogen) atoms. The molecule has 3 aromatic rings. The number of benzene rings is 2. The van der Waals surface area contributed by atoms with Gasteiger partial charge in [-0.2, -0.15) is 0 Å². The van der Waals surface area contributed by atoms with Gasteiger partial charge in [-0.15, -0.1) is 0 Å². The van der Waals surface area contributed by atoms with E-state index >= 15 is 0 Å². The van der Waals surface area contributed by atoms with E-state index in [2.05, 4.69) is 10.6 Å². The number of nitrogens with two attached hydrogens (primary N) is 2. The first-order chi connectivity index (χ1) is 15.6. The van der Waals surface area contributed by atoms with Crippen molar-refractivity contribution in [1.29, 1.82) is 10.8 Å². The Labute approximate surface area is 193 Å². The minimum atomic E-state index is -0.154. The van der Waals surface area contributed by atoms with Crippen LogP contribution in [0.4, 0.5) is 11.4 Å². The Balaban J connectivity index is 2.01. The normalized spacial score (nSPS) is 10.8. The average Bonchev–Trinajstić information content (AvgIpc) is 3.16. The summed E-state index contributed by atoms with van der Waals surface area (Å²) in [5.74, 6) is 2.15. The van der Waals surface area contributed by atoms with Crippen LogP contribution >= 0.6 is 0 Å². The Morgan fingerprint density at radius 1 is 0.727 bits per heavy atom. The topological polar surface area (TPSA) is 155 Å². The molecule has 0 radical (unpaired) electrons. The van der Waals surface area contributed by atoms with Crippen molar-refractivity contribution in [3.8, 4) is 34.1 Å². The first-order valence-electron chi connectivity index (χ1n) is 10.6. The second-order valence-electron chi connectivity index (χ2n) is 8.00. The van der Waals surface area contributed by atoms with E-state index in [4.69, 9.17) is 36.2 Å². The number of hydrogen-bond acceptors (Lipinski definition) is 5. The van der Waals surface area contributed by atoms with Gasteiger partial charge in [0, 0.05) is 23.5 Å². The zero-order valence-corrected chi connectivity index (χ0v) is 19.2. The molecule has 0 aliphatic carbocycles. The third-order valence-corrected chi connectivity index (χ3v) is 4.38. The fraction of sp³-hybridized carbons (Fsp3) is 0.250. The highest BCUT2D eigenvalue weighted by Gasteiger charge is 2.17. The zero-order valence-electron chi connectivity index (χ0n) is 19.2. The Hall–Kier alpha value is -4.14. The van der Waals surface area contributed by atoms with E-state index in [9.17, 15) is 0 Å². The van der Waals surface area contributed by atoms with Gasteiger partial charge in [0.1, 0.15) is 23.0 Å². The van der Waals surface area contributed by atoms with E-state index in [1.54, 1.807) is 12.1 Å². The summed E-state index contributed by atoms with van der Waals surface area (Å²) in [6.07, 6.45) is -0.115. The van der Waals surface area contributed by atoms with Crippen LogP contribution in [-0.4, -0.2) is 24.1 Å². The van der Waals surface area contributed by atoms with Crippen LogP contribution in [0.25, 0.3) is 22.6 Å². The van der Waals surface area contributed by atoms with E-state index in [1.165, 1.54) is 0 Å². The van der Waals surface area contributed by atoms with Gasteiger partial charge in [0.2, 0.25) is 0 Å². The Kier molecular flexibility index (Phi) is 7.12. The molecule has 174 valence electrons. The van der Waals surface area contributed by atoms with Crippen LogP contribution in [-0.2, 0) is 0 Å². The summed E-state index contributed by atoms with van der Waals surface area (Å²) >= 11 is 0. The monoisotopic (exact) mass is 450 g/mol. The number of furan rings is 1. The predicted octanol–water partition coefficient (Wildman–Crippen LogP) is 4.80. The van der Waals surface area contributed by atoms with Crippen LogP contribution in [0.5, 0.6) is 11.5 Å². The third kappa shape index (κ3) is 6.19. The third-order valence-electron chi connectivity index (χ3n) is 4.38. The maximum absolute atomic E-state index is 7.45. The summed E-state index contributed by atoms with van der Waals surface area (Å²) in [4.78, 5) is 0. The van der Waals surface area contributed by atoms with Crippen LogP contribution in [0, 0.1) is 10.8 Å². The molecule has 2 aromatic carbocycles. The molecule has 0 amide bonds. The van der Waals surface area contributed by atoms with Gasteiger partial charge >= 0.3 is 0 Å². The molecule has 0 spiro atoms. The van der Waals surface area contributed by atoms with Crippen LogP contribution in [0.15, 0.2) is 52.9 Å². The van der Waals surface area contributed by atoms with Crippen molar-refractivity contribution < 1.29 is 13.9 Å². The molecule has 9 nitrogen and oxygen atoms in total. The molecular weight excluding hydrogens is 420 g/mol. The smallest absolute Gasteiger partial charge is 0.190 e. The number of hydrogen-bond donors (Lipinski definition) is 6. The Bertz CT molecular complexity index is 1060. The first-order valence-corrected chi connectivity index (χ1v) is 10.6. The van der Waals surface area contributed by atoms with Gasteiger partial charge < -0.3 is 36.0 Å². The summed E-state index contributed by atoms with van der Waals surface area (Å²) in [5.41, 5.74) is 13.7. The van der Waals surface area contributed by atoms with Gasteiger partial charge in [0.05, 0.1) is 23.3 Å². The van der Waals surface area contributed by atoms with Gasteiger partial charge in [-0.25, -0.2) is 0 Å². The van der Waals surface area contributed by atoms with E-state index in [-0.39, 0.29) is 24.1 Å². The summed E-state index contributed by atoms with van der Waals surface area (Å²) in [7, 11) is 0. The van der Waals surface area contributed by atoms with Crippen LogP contribution in [0.2, 0.25) is 0 Å². The highest BCUT2D eigenvalue weighted by atomic mass is 16.5. The van der Waals surface area contributed by atoms with E-state index in [0.29, 0.717) is 34.4 Å². The minimum absolute atomic E-state index is 0.0573. The van der Waals surface area contributed by atoms with Crippen LogP contribution in [0.3, 0.4) is 0 Å². The lowest BCUT2D eigenvalue weighted by Crippen LogP contribution is -2.20. The van der Waals surface area contributed by atoms with Gasteiger partial charge in [0.15, 0.2) is 11.9 Å². The van der Waals surface area contributed by atoms with Gasteiger partial charge in [-0.05, 0) is 64.1 Å². The van der Waals surface area contributed by atoms with Crippen molar-refractivity contribution in [2.24, 2.45) is 11.5 Å². The molecular formula is C24H30N6O3. The minimum Gasteiger partial charge on any atom is -0.490 e. The number of ether oxygens (including phenoxy) is 2. The molecule has 0 aliphatic heterocycles. The lowest BCUT2D eigenvalue weighted by molar-refractivity contribution is 0.243. The fourth-order valence-electron chi connectivity index (χ4n) is 3.25. The predicted molar refractivity (Wildman–Crippen MR) is 132 cm³/mol. The van der Waals surface area contributed by atoms with E-state index < -0.39 is 0 Å². The quantitative estimate of drug-likeness (QED) is 0.213. The molecule has 0 atom stereocenters. The highest BCUT2D eigenvalue weighted by Crippen LogP contribution is 2.39. The van der Waals surface area contributed by atoms with Crippen molar-refractivity contribution in [3.63, 3.8) is 0 Å². The summed E-state index contributed by atoms with van der Waals surface area (Å²) in [5, 5.41) is 20.5. The summed E-state index contributed by atoms with van der Waals surface area (Å²) in [6, 6.07) is 14.6. The summed E-state index contributed by atoms with van der Waals surface area (Å²) < 4.78 is 18.2. The van der Waals surface area contributed by atoms with Crippen LogP contribution < -0.4 is 31.6 Å². The number of nitrogens with one attached hydrogen (secondary N) is 4. The molecule has 0 saturated heterocycles. The molecule has 0 unspecified atom stereocenters. The zero-order chi connectivity index (χ0) is 24.1. The molecule has 1 heterocycles. The fourth-order valence-corrected chi connectivity index (χ4v) is 3.25. The second-order valence-corrected chi connectivity index (χ2v) is 8.00. The maximum atomic E-state index is 7.45. The Morgan fingerprint density at radius 2 is 1.12 bits per heavy atom. The molecule has 3 rings (SSSR count). The lowest BCUT2D eigenvalue weighted by Gasteiger charge is -2.16.